The molecule has 0 N–H and O–H groups in total. The maximum atomic E-state index is 10.8. The minimum atomic E-state index is 0.130. The van der Waals surface area contributed by atoms with Gasteiger partial charge in [-0.2, -0.15) is 0 Å². The van der Waals surface area contributed by atoms with E-state index in [1.165, 1.54) is 11.3 Å². The van der Waals surface area contributed by atoms with Crippen LogP contribution in [0.1, 0.15) is 54.5 Å². The molecule has 0 amide bonds. The molecule has 0 fully saturated rings. The third kappa shape index (κ3) is 9.73. The van der Waals surface area contributed by atoms with Gasteiger partial charge in [0.05, 0.1) is 0 Å². The zero-order valence-electron chi connectivity index (χ0n) is 11.1. The summed E-state index contributed by atoms with van der Waals surface area (Å²) in [6, 6.07) is 0.295. The summed E-state index contributed by atoms with van der Waals surface area (Å²) in [6.07, 6.45) is 1.82. The first kappa shape index (κ1) is 16.8. The standard InChI is InChI=1S/C6H9NOS.C4H10.C2H6/c1-5(2)7-3-4-9-6(7)8;1-4(2)3;1-2/h3-5H,1-2H3;4H,1-3H3;1-2H3. The van der Waals surface area contributed by atoms with Crippen LogP contribution in [-0.2, 0) is 0 Å². The molecule has 0 atom stereocenters. The van der Waals surface area contributed by atoms with Gasteiger partial charge in [0, 0.05) is 17.6 Å². The average molecular weight is 231 g/mol. The minimum Gasteiger partial charge on any atom is -0.303 e. The van der Waals surface area contributed by atoms with Crippen LogP contribution >= 0.6 is 11.3 Å². The molecule has 1 aromatic rings. The van der Waals surface area contributed by atoms with E-state index in [0.29, 0.717) is 6.04 Å². The molecule has 0 aliphatic rings. The zero-order chi connectivity index (χ0) is 12.4. The minimum absolute atomic E-state index is 0.130. The lowest BCUT2D eigenvalue weighted by atomic mass is 10.3. The second-order valence-electron chi connectivity index (χ2n) is 3.90. The summed E-state index contributed by atoms with van der Waals surface area (Å²) >= 11 is 1.24. The van der Waals surface area contributed by atoms with Crippen LogP contribution in [0.3, 0.4) is 0 Å². The fourth-order valence-corrected chi connectivity index (χ4v) is 1.36. The van der Waals surface area contributed by atoms with Crippen molar-refractivity contribution in [3.8, 4) is 0 Å². The molecule has 0 unspecified atom stereocenters. The van der Waals surface area contributed by atoms with Gasteiger partial charge in [0.15, 0.2) is 0 Å². The van der Waals surface area contributed by atoms with Gasteiger partial charge in [-0.3, -0.25) is 4.79 Å². The van der Waals surface area contributed by atoms with Crippen molar-refractivity contribution < 1.29 is 0 Å². The maximum Gasteiger partial charge on any atom is 0.307 e. The Morgan fingerprint density at radius 1 is 1.13 bits per heavy atom. The molecule has 1 aromatic heterocycles. The maximum absolute atomic E-state index is 10.8. The van der Waals surface area contributed by atoms with Crippen molar-refractivity contribution >= 4 is 11.3 Å². The SMILES string of the molecule is CC.CC(C)C.CC(C)n1ccsc1=O. The molecule has 0 saturated heterocycles. The first-order chi connectivity index (χ1) is 6.95. The fourth-order valence-electron chi connectivity index (χ4n) is 0.659. The van der Waals surface area contributed by atoms with Gasteiger partial charge >= 0.3 is 4.87 Å². The van der Waals surface area contributed by atoms with Crippen molar-refractivity contribution in [1.29, 1.82) is 0 Å². The van der Waals surface area contributed by atoms with Crippen LogP contribution in [0.5, 0.6) is 0 Å². The molecule has 0 radical (unpaired) electrons. The fraction of sp³-hybridized carbons (Fsp3) is 0.750. The van der Waals surface area contributed by atoms with Crippen LogP contribution in [0, 0.1) is 5.92 Å². The number of hydrogen-bond acceptors (Lipinski definition) is 2. The van der Waals surface area contributed by atoms with Crippen molar-refractivity contribution in [2.24, 2.45) is 5.92 Å². The first-order valence-corrected chi connectivity index (χ1v) is 6.48. The Balaban J connectivity index is 0. The quantitative estimate of drug-likeness (QED) is 0.710. The highest BCUT2D eigenvalue weighted by Crippen LogP contribution is 2.00. The Labute approximate surface area is 98.0 Å². The molecule has 2 nitrogen and oxygen atoms in total. The molecule has 0 aromatic carbocycles. The molecule has 1 heterocycles. The van der Waals surface area contributed by atoms with Crippen molar-refractivity contribution in [2.45, 2.75) is 54.5 Å². The molecule has 0 saturated carbocycles. The predicted molar refractivity (Wildman–Crippen MR) is 70.8 cm³/mol. The van der Waals surface area contributed by atoms with E-state index in [1.807, 2.05) is 39.3 Å². The molecule has 0 aliphatic heterocycles. The monoisotopic (exact) mass is 231 g/mol. The Hall–Kier alpha value is -0.570. The lowest BCUT2D eigenvalue weighted by Crippen LogP contribution is -2.13. The van der Waals surface area contributed by atoms with Gasteiger partial charge in [-0.1, -0.05) is 46.0 Å². The Morgan fingerprint density at radius 3 is 1.67 bits per heavy atom. The molecular formula is C12H25NOS. The largest absolute Gasteiger partial charge is 0.307 e. The summed E-state index contributed by atoms with van der Waals surface area (Å²) in [5.74, 6) is 0.833. The van der Waals surface area contributed by atoms with Gasteiger partial charge in [-0.25, -0.2) is 0 Å². The van der Waals surface area contributed by atoms with Crippen LogP contribution in [0.2, 0.25) is 0 Å². The third-order valence-electron chi connectivity index (χ3n) is 1.16. The summed E-state index contributed by atoms with van der Waals surface area (Å²) in [5.41, 5.74) is 0. The molecule has 0 aliphatic carbocycles. The highest BCUT2D eigenvalue weighted by atomic mass is 32.1. The van der Waals surface area contributed by atoms with Crippen molar-refractivity contribution in [2.75, 3.05) is 0 Å². The second kappa shape index (κ2) is 9.97. The van der Waals surface area contributed by atoms with Gasteiger partial charge in [0.1, 0.15) is 0 Å². The molecule has 3 heteroatoms. The summed E-state index contributed by atoms with van der Waals surface area (Å²) in [6.45, 7) is 14.5. The van der Waals surface area contributed by atoms with Crippen LogP contribution < -0.4 is 4.87 Å². The molecule has 1 rings (SSSR count). The number of thiazole rings is 1. The molecule has 90 valence electrons. The van der Waals surface area contributed by atoms with Gasteiger partial charge in [0.25, 0.3) is 0 Å². The normalized spacial score (nSPS) is 9.13. The summed E-state index contributed by atoms with van der Waals surface area (Å²) < 4.78 is 1.71. The summed E-state index contributed by atoms with van der Waals surface area (Å²) in [4.78, 5) is 11.0. The number of rotatable bonds is 1. The number of nitrogens with zero attached hydrogens (tertiary/aromatic N) is 1. The molecule has 15 heavy (non-hydrogen) atoms. The third-order valence-corrected chi connectivity index (χ3v) is 1.83. The van der Waals surface area contributed by atoms with E-state index in [9.17, 15) is 4.79 Å². The van der Waals surface area contributed by atoms with Crippen molar-refractivity contribution in [3.63, 3.8) is 0 Å². The number of hydrogen-bond donors (Lipinski definition) is 0. The lowest BCUT2D eigenvalue weighted by Gasteiger charge is -2.01. The summed E-state index contributed by atoms with van der Waals surface area (Å²) in [5, 5.41) is 1.81. The van der Waals surface area contributed by atoms with E-state index in [-0.39, 0.29) is 4.87 Å². The topological polar surface area (TPSA) is 22.0 Å². The Morgan fingerprint density at radius 2 is 1.53 bits per heavy atom. The molecular weight excluding hydrogens is 206 g/mol. The Kier molecular flexibility index (Phi) is 11.2. The lowest BCUT2D eigenvalue weighted by molar-refractivity contribution is 0.591. The average Bonchev–Trinajstić information content (AvgIpc) is 2.54. The van der Waals surface area contributed by atoms with Crippen molar-refractivity contribution in [1.82, 2.24) is 4.57 Å². The molecule has 0 spiro atoms. The van der Waals surface area contributed by atoms with E-state index >= 15 is 0 Å². The Bertz CT molecular complexity index is 270. The summed E-state index contributed by atoms with van der Waals surface area (Å²) in [7, 11) is 0. The van der Waals surface area contributed by atoms with E-state index in [4.69, 9.17) is 0 Å². The van der Waals surface area contributed by atoms with Gasteiger partial charge < -0.3 is 4.57 Å². The van der Waals surface area contributed by atoms with Gasteiger partial charge in [-0.15, -0.1) is 0 Å². The van der Waals surface area contributed by atoms with E-state index < -0.39 is 0 Å². The first-order valence-electron chi connectivity index (χ1n) is 5.60. The second-order valence-corrected chi connectivity index (χ2v) is 4.76. The zero-order valence-corrected chi connectivity index (χ0v) is 11.9. The van der Waals surface area contributed by atoms with E-state index in [0.717, 1.165) is 5.92 Å². The number of aromatic nitrogens is 1. The smallest absolute Gasteiger partial charge is 0.303 e. The highest BCUT2D eigenvalue weighted by Gasteiger charge is 1.98. The van der Waals surface area contributed by atoms with Crippen LogP contribution in [-0.4, -0.2) is 4.57 Å². The van der Waals surface area contributed by atoms with Crippen LogP contribution in [0.15, 0.2) is 16.4 Å². The highest BCUT2D eigenvalue weighted by molar-refractivity contribution is 7.07. The van der Waals surface area contributed by atoms with Crippen LogP contribution in [0.4, 0.5) is 0 Å². The van der Waals surface area contributed by atoms with Crippen LogP contribution in [0.25, 0.3) is 0 Å². The predicted octanol–water partition coefficient (Wildman–Crippen LogP) is 4.18. The van der Waals surface area contributed by atoms with Gasteiger partial charge in [0.2, 0.25) is 0 Å². The molecule has 0 bridgehead atoms. The van der Waals surface area contributed by atoms with Gasteiger partial charge in [-0.05, 0) is 19.8 Å². The van der Waals surface area contributed by atoms with Crippen molar-refractivity contribution in [3.05, 3.63) is 21.2 Å². The van der Waals surface area contributed by atoms with E-state index in [2.05, 4.69) is 20.8 Å². The van der Waals surface area contributed by atoms with E-state index in [1.54, 1.807) is 4.57 Å².